The molecule has 2 N–H and O–H groups in total. The van der Waals surface area contributed by atoms with Crippen molar-refractivity contribution in [2.24, 2.45) is 29.6 Å². The van der Waals surface area contributed by atoms with Crippen LogP contribution in [0.1, 0.15) is 60.3 Å². The zero-order chi connectivity index (χ0) is 23.1. The first kappa shape index (κ1) is 25.4. The van der Waals surface area contributed by atoms with Gasteiger partial charge in [-0.1, -0.05) is 46.3 Å². The molecule has 1 aliphatic heterocycles. The van der Waals surface area contributed by atoms with Crippen LogP contribution in [0.25, 0.3) is 0 Å². The first-order valence-electron chi connectivity index (χ1n) is 11.9. The predicted octanol–water partition coefficient (Wildman–Crippen LogP) is 2.53. The van der Waals surface area contributed by atoms with Crippen LogP contribution in [0.3, 0.4) is 0 Å². The summed E-state index contributed by atoms with van der Waals surface area (Å²) in [4.78, 5) is 41.5. The van der Waals surface area contributed by atoms with E-state index in [0.29, 0.717) is 19.4 Å². The van der Waals surface area contributed by atoms with E-state index in [2.05, 4.69) is 12.2 Å². The lowest BCUT2D eigenvalue weighted by Crippen LogP contribution is -2.52. The van der Waals surface area contributed by atoms with Crippen LogP contribution in [0.5, 0.6) is 0 Å². The lowest BCUT2D eigenvalue weighted by molar-refractivity contribution is -0.156. The second kappa shape index (κ2) is 11.7. The first-order chi connectivity index (χ1) is 14.8. The molecule has 1 saturated heterocycles. The Hall–Kier alpha value is -1.89. The van der Waals surface area contributed by atoms with Crippen molar-refractivity contribution in [3.8, 4) is 0 Å². The van der Waals surface area contributed by atoms with E-state index in [-0.39, 0.29) is 42.8 Å². The number of esters is 1. The second-order valence-corrected chi connectivity index (χ2v) is 9.14. The van der Waals surface area contributed by atoms with Gasteiger partial charge >= 0.3 is 5.97 Å². The molecular weight excluding hydrogens is 396 g/mol. The minimum absolute atomic E-state index is 0.106. The summed E-state index contributed by atoms with van der Waals surface area (Å²) in [5.41, 5.74) is 0. The molecule has 0 saturated carbocycles. The highest BCUT2D eigenvalue weighted by molar-refractivity contribution is 5.96. The molecule has 0 aromatic rings. The maximum atomic E-state index is 13.7. The van der Waals surface area contributed by atoms with E-state index in [4.69, 9.17) is 4.74 Å². The Morgan fingerprint density at radius 1 is 1.23 bits per heavy atom. The quantitative estimate of drug-likeness (QED) is 0.295. The number of allylic oxidation sites excluding steroid dienone is 1. The molecule has 0 aromatic carbocycles. The summed E-state index contributed by atoms with van der Waals surface area (Å²) in [6.07, 6.45) is 7.03. The van der Waals surface area contributed by atoms with E-state index in [0.717, 1.165) is 12.8 Å². The maximum Gasteiger partial charge on any atom is 0.310 e. The summed E-state index contributed by atoms with van der Waals surface area (Å²) in [5, 5.41) is 13.1. The summed E-state index contributed by atoms with van der Waals surface area (Å²) in [5.74, 6) is -2.33. The lowest BCUT2D eigenvalue weighted by Gasteiger charge is -2.34. The Bertz CT molecular complexity index is 662. The number of aliphatic hydroxyl groups is 1. The van der Waals surface area contributed by atoms with Crippen molar-refractivity contribution in [2.75, 3.05) is 19.8 Å². The summed E-state index contributed by atoms with van der Waals surface area (Å²) in [6.45, 7) is 10.4. The molecule has 0 aromatic heterocycles. The molecule has 7 nitrogen and oxygen atoms in total. The standard InChI is InChI=1S/C24H40N2O5/c1-6-9-12-25-22(28)21-18-11-10-16(7-2)19(24(30)31-8-3)20(18)23(29)26(21)17(14-27)13-15(4)5/h10-11,15-21,27H,6-9,12-14H2,1-5H3,(H,25,28)/t16-,17-,18+,19-,20+,21+/m1/s1. The largest absolute Gasteiger partial charge is 0.466 e. The molecule has 0 bridgehead atoms. The Balaban J connectivity index is 2.47. The third kappa shape index (κ3) is 5.48. The normalized spacial score (nSPS) is 28.5. The highest BCUT2D eigenvalue weighted by atomic mass is 16.5. The summed E-state index contributed by atoms with van der Waals surface area (Å²) < 4.78 is 5.34. The third-order valence-corrected chi connectivity index (χ3v) is 6.52. The van der Waals surface area contributed by atoms with Crippen LogP contribution < -0.4 is 5.32 Å². The van der Waals surface area contributed by atoms with Gasteiger partial charge in [0.25, 0.3) is 0 Å². The van der Waals surface area contributed by atoms with Crippen LogP contribution >= 0.6 is 0 Å². The van der Waals surface area contributed by atoms with Gasteiger partial charge in [0.2, 0.25) is 11.8 Å². The molecule has 1 aliphatic carbocycles. The minimum Gasteiger partial charge on any atom is -0.466 e. The Morgan fingerprint density at radius 3 is 2.48 bits per heavy atom. The molecule has 1 fully saturated rings. The third-order valence-electron chi connectivity index (χ3n) is 6.52. The van der Waals surface area contributed by atoms with Crippen molar-refractivity contribution in [3.63, 3.8) is 0 Å². The summed E-state index contributed by atoms with van der Waals surface area (Å²) >= 11 is 0. The van der Waals surface area contributed by atoms with Crippen LogP contribution in [0.4, 0.5) is 0 Å². The summed E-state index contributed by atoms with van der Waals surface area (Å²) in [6, 6.07) is -1.19. The number of rotatable bonds is 11. The number of carbonyl (C=O) groups is 3. The number of nitrogens with zero attached hydrogens (tertiary/aromatic N) is 1. The molecule has 0 unspecified atom stereocenters. The molecule has 0 spiro atoms. The lowest BCUT2D eigenvalue weighted by atomic mass is 9.69. The van der Waals surface area contributed by atoms with E-state index < -0.39 is 29.8 Å². The highest BCUT2D eigenvalue weighted by Crippen LogP contribution is 2.46. The molecular formula is C24H40N2O5. The molecule has 6 atom stereocenters. The fraction of sp³-hybridized carbons (Fsp3) is 0.792. The number of carbonyl (C=O) groups excluding carboxylic acids is 3. The van der Waals surface area contributed by atoms with Gasteiger partial charge in [-0.15, -0.1) is 0 Å². The van der Waals surface area contributed by atoms with Crippen LogP contribution in [-0.4, -0.2) is 59.6 Å². The minimum atomic E-state index is -0.726. The van der Waals surface area contributed by atoms with E-state index in [1.807, 2.05) is 32.9 Å². The smallest absolute Gasteiger partial charge is 0.310 e. The van der Waals surface area contributed by atoms with Crippen molar-refractivity contribution in [1.82, 2.24) is 10.2 Å². The predicted molar refractivity (Wildman–Crippen MR) is 119 cm³/mol. The van der Waals surface area contributed by atoms with Gasteiger partial charge in [0.05, 0.1) is 31.1 Å². The average molecular weight is 437 g/mol. The van der Waals surface area contributed by atoms with E-state index in [1.54, 1.807) is 11.8 Å². The SMILES string of the molecule is CCCCNC(=O)[C@@H]1[C@H]2C=C[C@@H](CC)[C@@H](C(=O)OCC)[C@H]2C(=O)N1[C@@H](CO)CC(C)C. The van der Waals surface area contributed by atoms with Crippen LogP contribution in [0.2, 0.25) is 0 Å². The van der Waals surface area contributed by atoms with Crippen molar-refractivity contribution in [1.29, 1.82) is 0 Å². The molecule has 0 radical (unpaired) electrons. The van der Waals surface area contributed by atoms with Crippen LogP contribution in [0, 0.1) is 29.6 Å². The number of amides is 2. The zero-order valence-electron chi connectivity index (χ0n) is 19.7. The number of aliphatic hydroxyl groups excluding tert-OH is 1. The number of hydrogen-bond acceptors (Lipinski definition) is 5. The van der Waals surface area contributed by atoms with Gasteiger partial charge in [-0.3, -0.25) is 14.4 Å². The number of nitrogens with one attached hydrogen (secondary N) is 1. The zero-order valence-corrected chi connectivity index (χ0v) is 19.7. The molecule has 2 aliphatic rings. The summed E-state index contributed by atoms with van der Waals surface area (Å²) in [7, 11) is 0. The van der Waals surface area contributed by atoms with Gasteiger partial charge in [-0.05, 0) is 38.0 Å². The van der Waals surface area contributed by atoms with Crippen molar-refractivity contribution in [2.45, 2.75) is 72.4 Å². The second-order valence-electron chi connectivity index (χ2n) is 9.14. The average Bonchev–Trinajstić information content (AvgIpc) is 3.03. The van der Waals surface area contributed by atoms with Gasteiger partial charge in [-0.2, -0.15) is 0 Å². The Morgan fingerprint density at radius 2 is 1.94 bits per heavy atom. The first-order valence-corrected chi connectivity index (χ1v) is 11.9. The Kier molecular flexibility index (Phi) is 9.54. The van der Waals surface area contributed by atoms with Gasteiger partial charge in [0, 0.05) is 12.5 Å². The number of unbranched alkanes of at least 4 members (excludes halogenated alkanes) is 1. The van der Waals surface area contributed by atoms with Crippen LogP contribution in [0.15, 0.2) is 12.2 Å². The van der Waals surface area contributed by atoms with Gasteiger partial charge in [-0.25, -0.2) is 0 Å². The molecule has 1 heterocycles. The number of ether oxygens (including phenoxy) is 1. The monoisotopic (exact) mass is 436 g/mol. The molecule has 176 valence electrons. The van der Waals surface area contributed by atoms with Crippen molar-refractivity contribution >= 4 is 17.8 Å². The Labute approximate surface area is 186 Å². The van der Waals surface area contributed by atoms with Crippen LogP contribution in [-0.2, 0) is 19.1 Å². The number of fused-ring (bicyclic) bond motifs is 1. The molecule has 7 heteroatoms. The fourth-order valence-electron chi connectivity index (χ4n) is 5.10. The van der Waals surface area contributed by atoms with Gasteiger partial charge < -0.3 is 20.1 Å². The maximum absolute atomic E-state index is 13.7. The van der Waals surface area contributed by atoms with E-state index in [9.17, 15) is 19.5 Å². The molecule has 2 amide bonds. The molecule has 2 rings (SSSR count). The van der Waals surface area contributed by atoms with E-state index in [1.165, 1.54) is 0 Å². The number of hydrogen-bond donors (Lipinski definition) is 2. The highest BCUT2D eigenvalue weighted by Gasteiger charge is 2.58. The fourth-order valence-corrected chi connectivity index (χ4v) is 5.10. The van der Waals surface area contributed by atoms with Crippen molar-refractivity contribution in [3.05, 3.63) is 12.2 Å². The molecule has 31 heavy (non-hydrogen) atoms. The van der Waals surface area contributed by atoms with E-state index >= 15 is 0 Å². The van der Waals surface area contributed by atoms with Gasteiger partial charge in [0.1, 0.15) is 6.04 Å². The van der Waals surface area contributed by atoms with Gasteiger partial charge in [0.15, 0.2) is 0 Å². The topological polar surface area (TPSA) is 95.9 Å². The number of likely N-dealkylation sites (tertiary alicyclic amines) is 1. The van der Waals surface area contributed by atoms with Crippen molar-refractivity contribution < 1.29 is 24.2 Å².